The Hall–Kier alpha value is -4.13. The third-order valence-corrected chi connectivity index (χ3v) is 6.10. The van der Waals surface area contributed by atoms with Gasteiger partial charge in [0.1, 0.15) is 5.82 Å². The molecule has 0 saturated heterocycles. The lowest BCUT2D eigenvalue weighted by Gasteiger charge is -2.09. The summed E-state index contributed by atoms with van der Waals surface area (Å²) in [5.74, 6) is 2.67. The van der Waals surface area contributed by atoms with E-state index in [0.717, 1.165) is 60.6 Å². The highest BCUT2D eigenvalue weighted by molar-refractivity contribution is 5.81. The Morgan fingerprint density at radius 3 is 2.20 bits per heavy atom. The normalized spacial score (nSPS) is 11.1. The average Bonchev–Trinajstić information content (AvgIpc) is 3.31. The zero-order valence-corrected chi connectivity index (χ0v) is 20.1. The molecular weight excluding hydrogens is 434 g/mol. The minimum Gasteiger partial charge on any atom is -0.245 e. The fourth-order valence-electron chi connectivity index (χ4n) is 4.08. The molecule has 2 heterocycles. The van der Waals surface area contributed by atoms with E-state index in [1.165, 1.54) is 16.7 Å². The molecule has 0 atom stereocenters. The van der Waals surface area contributed by atoms with E-state index in [1.54, 1.807) is 0 Å². The Morgan fingerprint density at radius 1 is 0.829 bits per heavy atom. The van der Waals surface area contributed by atoms with E-state index in [9.17, 15) is 0 Å². The summed E-state index contributed by atoms with van der Waals surface area (Å²) in [4.78, 5) is 4.70. The second kappa shape index (κ2) is 10.4. The van der Waals surface area contributed by atoms with Gasteiger partial charge in [-0.25, -0.2) is 14.8 Å². The summed E-state index contributed by atoms with van der Waals surface area (Å²) in [5, 5.41) is 19.0. The first-order valence-corrected chi connectivity index (χ1v) is 12.2. The molecule has 6 rings (SSSR count). The van der Waals surface area contributed by atoms with Gasteiger partial charge in [0.2, 0.25) is 0 Å². The SMILES string of the molecule is CCCCc1nc(CC)nn1Cc1ccc(-c2ccccc2-c2nnn[nH]2)cc1.c1cc2cc-2c1. The van der Waals surface area contributed by atoms with Crippen LogP contribution in [-0.2, 0) is 19.4 Å². The van der Waals surface area contributed by atoms with Gasteiger partial charge in [0.15, 0.2) is 11.6 Å². The van der Waals surface area contributed by atoms with Crippen molar-refractivity contribution in [2.24, 2.45) is 0 Å². The number of nitrogens with zero attached hydrogens (tertiary/aromatic N) is 6. The predicted octanol–water partition coefficient (Wildman–Crippen LogP) is 5.75. The minimum atomic E-state index is 0.667. The highest BCUT2D eigenvalue weighted by Crippen LogP contribution is 2.32. The Bertz CT molecular complexity index is 1370. The molecule has 2 aliphatic rings. The zero-order valence-electron chi connectivity index (χ0n) is 20.1. The molecule has 0 aliphatic heterocycles. The number of unbranched alkanes of at least 4 members (excludes halogenated alkanes) is 1. The smallest absolute Gasteiger partial charge is 0.180 e. The molecule has 0 bridgehead atoms. The minimum absolute atomic E-state index is 0.667. The van der Waals surface area contributed by atoms with Crippen molar-refractivity contribution >= 4 is 0 Å². The first-order chi connectivity index (χ1) is 17.2. The Morgan fingerprint density at radius 2 is 1.60 bits per heavy atom. The fourth-order valence-corrected chi connectivity index (χ4v) is 4.08. The van der Waals surface area contributed by atoms with Gasteiger partial charge in [-0.1, -0.05) is 87.0 Å². The highest BCUT2D eigenvalue weighted by Gasteiger charge is 2.12. The van der Waals surface area contributed by atoms with Crippen LogP contribution < -0.4 is 0 Å². The van der Waals surface area contributed by atoms with Crippen LogP contribution in [0.5, 0.6) is 0 Å². The number of aromatic amines is 1. The van der Waals surface area contributed by atoms with E-state index in [1.807, 2.05) is 18.2 Å². The van der Waals surface area contributed by atoms with Crippen molar-refractivity contribution < 1.29 is 0 Å². The molecule has 0 spiro atoms. The van der Waals surface area contributed by atoms with Gasteiger partial charge in [-0.15, -0.1) is 5.10 Å². The van der Waals surface area contributed by atoms with Gasteiger partial charge in [-0.3, -0.25) is 0 Å². The van der Waals surface area contributed by atoms with Gasteiger partial charge in [0.05, 0.1) is 6.54 Å². The van der Waals surface area contributed by atoms with Crippen LogP contribution >= 0.6 is 0 Å². The van der Waals surface area contributed by atoms with Crippen molar-refractivity contribution in [3.63, 3.8) is 0 Å². The van der Waals surface area contributed by atoms with Crippen molar-refractivity contribution in [2.75, 3.05) is 0 Å². The number of aromatic nitrogens is 7. The molecule has 0 unspecified atom stereocenters. The molecule has 7 nitrogen and oxygen atoms in total. The Balaban J connectivity index is 0.000000362. The molecule has 0 saturated carbocycles. The molecule has 0 amide bonds. The summed E-state index contributed by atoms with van der Waals surface area (Å²) in [5.41, 5.74) is 7.26. The van der Waals surface area contributed by atoms with Crippen LogP contribution in [0.15, 0.2) is 72.8 Å². The molecule has 2 aliphatic carbocycles. The summed E-state index contributed by atoms with van der Waals surface area (Å²) in [7, 11) is 0. The Kier molecular flexibility index (Phi) is 6.75. The van der Waals surface area contributed by atoms with E-state index in [-0.39, 0.29) is 0 Å². The lowest BCUT2D eigenvalue weighted by molar-refractivity contribution is 0.614. The fraction of sp³-hybridized carbons (Fsp3) is 0.250. The van der Waals surface area contributed by atoms with Gasteiger partial charge in [0.25, 0.3) is 0 Å². The van der Waals surface area contributed by atoms with Crippen LogP contribution in [0.4, 0.5) is 0 Å². The summed E-state index contributed by atoms with van der Waals surface area (Å²) < 4.78 is 2.05. The average molecular weight is 464 g/mol. The second-order valence-corrected chi connectivity index (χ2v) is 8.63. The molecule has 176 valence electrons. The maximum absolute atomic E-state index is 4.70. The van der Waals surface area contributed by atoms with Crippen LogP contribution in [0.1, 0.15) is 43.9 Å². The maximum Gasteiger partial charge on any atom is 0.180 e. The largest absolute Gasteiger partial charge is 0.245 e. The summed E-state index contributed by atoms with van der Waals surface area (Å²) >= 11 is 0. The van der Waals surface area contributed by atoms with Crippen LogP contribution in [0, 0.1) is 0 Å². The number of nitrogens with one attached hydrogen (secondary N) is 1. The summed E-state index contributed by atoms with van der Waals surface area (Å²) in [6.07, 6.45) is 4.12. The highest BCUT2D eigenvalue weighted by atomic mass is 15.5. The van der Waals surface area contributed by atoms with Crippen molar-refractivity contribution in [3.8, 4) is 33.6 Å². The van der Waals surface area contributed by atoms with Gasteiger partial charge in [0, 0.05) is 18.4 Å². The first kappa shape index (κ1) is 22.7. The van der Waals surface area contributed by atoms with Crippen molar-refractivity contribution in [2.45, 2.75) is 46.1 Å². The number of fused-ring (bicyclic) bond motifs is 1. The monoisotopic (exact) mass is 463 g/mol. The lowest BCUT2D eigenvalue weighted by Crippen LogP contribution is -2.07. The predicted molar refractivity (Wildman–Crippen MR) is 138 cm³/mol. The Labute approximate surface area is 205 Å². The number of tetrazole rings is 1. The number of H-pyrrole nitrogens is 1. The van der Waals surface area contributed by atoms with E-state index < -0.39 is 0 Å². The van der Waals surface area contributed by atoms with E-state index in [4.69, 9.17) is 4.98 Å². The zero-order chi connectivity index (χ0) is 24.0. The molecule has 35 heavy (non-hydrogen) atoms. The van der Waals surface area contributed by atoms with Crippen LogP contribution in [-0.4, -0.2) is 35.4 Å². The van der Waals surface area contributed by atoms with Crippen LogP contribution in [0.25, 0.3) is 33.6 Å². The quantitative estimate of drug-likeness (QED) is 0.311. The van der Waals surface area contributed by atoms with Crippen LogP contribution in [0.2, 0.25) is 0 Å². The van der Waals surface area contributed by atoms with E-state index >= 15 is 0 Å². The van der Waals surface area contributed by atoms with E-state index in [2.05, 4.69) is 98.8 Å². The third-order valence-electron chi connectivity index (χ3n) is 6.10. The number of aryl methyl sites for hydroxylation is 2. The molecule has 1 N–H and O–H groups in total. The molecule has 2 aromatic carbocycles. The van der Waals surface area contributed by atoms with Gasteiger partial charge in [-0.2, -0.15) is 5.10 Å². The molecule has 0 radical (unpaired) electrons. The van der Waals surface area contributed by atoms with Gasteiger partial charge >= 0.3 is 0 Å². The number of hydrogen-bond acceptors (Lipinski definition) is 5. The lowest BCUT2D eigenvalue weighted by atomic mass is 9.98. The number of hydrogen-bond donors (Lipinski definition) is 1. The van der Waals surface area contributed by atoms with Crippen LogP contribution in [0.3, 0.4) is 0 Å². The molecule has 4 aromatic rings. The molecule has 2 aromatic heterocycles. The summed E-state index contributed by atoms with van der Waals surface area (Å²) in [6.45, 7) is 5.03. The topological polar surface area (TPSA) is 85.2 Å². The third kappa shape index (κ3) is 5.35. The summed E-state index contributed by atoms with van der Waals surface area (Å²) in [6, 6.07) is 25.2. The first-order valence-electron chi connectivity index (χ1n) is 12.2. The molecule has 0 fully saturated rings. The second-order valence-electron chi connectivity index (χ2n) is 8.63. The molecular formula is C28H29N7. The number of benzene rings is 3. The van der Waals surface area contributed by atoms with Crippen molar-refractivity contribution in [3.05, 3.63) is 90.0 Å². The van der Waals surface area contributed by atoms with Gasteiger partial charge < -0.3 is 0 Å². The molecule has 7 heteroatoms. The number of rotatable bonds is 8. The van der Waals surface area contributed by atoms with Crippen molar-refractivity contribution in [1.29, 1.82) is 0 Å². The van der Waals surface area contributed by atoms with Gasteiger partial charge in [-0.05, 0) is 50.7 Å². The standard InChI is InChI=1S/C22H25N7.C6H4/c1-3-5-10-21-23-20(4-2)26-29(21)15-16-11-13-17(14-12-16)18-8-6-7-9-19(18)22-24-27-28-25-22;1-2-5-4-6(5)3-1/h6-9,11-14H,3-5,10,15H2,1-2H3,(H,24,25,27,28);1-4H. The van der Waals surface area contributed by atoms with E-state index in [0.29, 0.717) is 5.82 Å². The maximum atomic E-state index is 4.70. The van der Waals surface area contributed by atoms with Crippen molar-refractivity contribution in [1.82, 2.24) is 35.4 Å².